The van der Waals surface area contributed by atoms with Crippen molar-refractivity contribution in [3.63, 3.8) is 0 Å². The van der Waals surface area contributed by atoms with Gasteiger partial charge in [0.25, 0.3) is 6.10 Å². The molecule has 0 amide bonds. The monoisotopic (exact) mass is 846 g/mol. The van der Waals surface area contributed by atoms with Crippen LogP contribution in [0.1, 0.15) is 78.6 Å². The van der Waals surface area contributed by atoms with Gasteiger partial charge in [0.2, 0.25) is 0 Å². The number of ether oxygens (including phenoxy) is 4. The van der Waals surface area contributed by atoms with Crippen LogP contribution in [0.3, 0.4) is 0 Å². The molecule has 4 aliphatic rings. The van der Waals surface area contributed by atoms with Crippen LogP contribution in [0.25, 0.3) is 0 Å². The third kappa shape index (κ3) is 9.25. The topological polar surface area (TPSA) is 105 Å². The number of halogens is 15. The lowest BCUT2D eigenvalue weighted by molar-refractivity contribution is -0.313. The fourth-order valence-corrected chi connectivity index (χ4v) is 10.2. The van der Waals surface area contributed by atoms with Crippen molar-refractivity contribution in [2.75, 3.05) is 0 Å². The van der Waals surface area contributed by atoms with E-state index in [-0.39, 0.29) is 44.9 Å². The molecule has 0 bridgehead atoms. The van der Waals surface area contributed by atoms with E-state index in [1.165, 1.54) is 13.8 Å². The molecular formula is C33H37F15O8. The van der Waals surface area contributed by atoms with Gasteiger partial charge in [-0.1, -0.05) is 20.8 Å². The summed E-state index contributed by atoms with van der Waals surface area (Å²) < 4.78 is 217. The molecule has 23 heteroatoms. The summed E-state index contributed by atoms with van der Waals surface area (Å²) in [6, 6.07) is 0. The third-order valence-electron chi connectivity index (χ3n) is 12.5. The molecule has 0 heterocycles. The molecule has 4 fully saturated rings. The highest BCUT2D eigenvalue weighted by molar-refractivity contribution is 5.77. The number of rotatable bonds is 8. The molecule has 322 valence electrons. The van der Waals surface area contributed by atoms with Crippen LogP contribution in [-0.4, -0.2) is 79.2 Å². The molecule has 0 aromatic heterocycles. The molecule has 0 aromatic rings. The van der Waals surface area contributed by atoms with Gasteiger partial charge in [-0.15, -0.1) is 0 Å². The van der Waals surface area contributed by atoms with E-state index in [1.54, 1.807) is 6.92 Å². The standard InChI is InChI=1S/C33H37F15O8/c1-13(4-7-19(49)54-23(29(34,35)36)30(37,38)39)15-5-6-16-20-17(9-11-27(15,16)2)28(3)10-8-14(53-24(50)31(40,41)42)12-18(28)21(55-25(51)32(43,44)45)22(20)56-26(52)33(46,47)48/h13-18,20-23H,4-12H2,1-3H3/t13-,14-,15-,16+,17+,18+,20+,21-,22+,27-,28-/m1/s1. The number of esters is 4. The van der Waals surface area contributed by atoms with Gasteiger partial charge in [-0.2, -0.15) is 65.9 Å². The first-order valence-corrected chi connectivity index (χ1v) is 17.4. The zero-order chi connectivity index (χ0) is 42.8. The number of hydrogen-bond acceptors (Lipinski definition) is 8. The first kappa shape index (κ1) is 45.5. The maximum atomic E-state index is 13.7. The molecule has 4 aliphatic carbocycles. The summed E-state index contributed by atoms with van der Waals surface area (Å²) in [6.07, 6.45) is -41.5. The molecule has 8 nitrogen and oxygen atoms in total. The fourth-order valence-electron chi connectivity index (χ4n) is 10.2. The largest absolute Gasteiger partial charge is 0.490 e. The zero-order valence-corrected chi connectivity index (χ0v) is 29.6. The van der Waals surface area contributed by atoms with Crippen LogP contribution in [0.2, 0.25) is 0 Å². The van der Waals surface area contributed by atoms with Crippen LogP contribution in [0.5, 0.6) is 0 Å². The van der Waals surface area contributed by atoms with Gasteiger partial charge in [0.05, 0.1) is 0 Å². The summed E-state index contributed by atoms with van der Waals surface area (Å²) in [5.74, 6) is -16.0. The summed E-state index contributed by atoms with van der Waals surface area (Å²) >= 11 is 0. The molecular weight excluding hydrogens is 809 g/mol. The predicted octanol–water partition coefficient (Wildman–Crippen LogP) is 8.74. The van der Waals surface area contributed by atoms with Crippen molar-refractivity contribution in [1.29, 1.82) is 0 Å². The number of alkyl halides is 15. The Morgan fingerprint density at radius 1 is 0.607 bits per heavy atom. The highest BCUT2D eigenvalue weighted by atomic mass is 19.4. The smallest absolute Gasteiger partial charge is 0.456 e. The SMILES string of the molecule is C[C@H](CCC(=O)OC(C(F)(F)F)C(F)(F)F)[C@H]1CC[C@H]2[C@@H]3[C@H](OC(=O)C(F)(F)F)[C@H](OC(=O)C(F)(F)F)[C@@H]4C[C@H](OC(=O)C(F)(F)F)CC[C@]4(C)[C@H]3CC[C@]12C. The van der Waals surface area contributed by atoms with Gasteiger partial charge in [-0.3, -0.25) is 4.79 Å². The van der Waals surface area contributed by atoms with Crippen molar-refractivity contribution >= 4 is 23.9 Å². The van der Waals surface area contributed by atoms with Gasteiger partial charge in [0.1, 0.15) is 18.3 Å². The van der Waals surface area contributed by atoms with Gasteiger partial charge in [0.15, 0.2) is 0 Å². The molecule has 0 radical (unpaired) electrons. The van der Waals surface area contributed by atoms with Crippen molar-refractivity contribution in [2.24, 2.45) is 46.3 Å². The van der Waals surface area contributed by atoms with Crippen molar-refractivity contribution in [2.45, 2.75) is 134 Å². The third-order valence-corrected chi connectivity index (χ3v) is 12.5. The molecule has 0 aromatic carbocycles. The van der Waals surface area contributed by atoms with Crippen molar-refractivity contribution in [1.82, 2.24) is 0 Å². The van der Waals surface area contributed by atoms with E-state index < -0.39 is 138 Å². The number of carbonyl (C=O) groups excluding carboxylic acids is 4. The van der Waals surface area contributed by atoms with Gasteiger partial charge in [-0.05, 0) is 85.9 Å². The van der Waals surface area contributed by atoms with E-state index in [9.17, 15) is 85.0 Å². The van der Waals surface area contributed by atoms with Crippen molar-refractivity contribution < 1.29 is 104 Å². The minimum absolute atomic E-state index is 0.0573. The minimum Gasteiger partial charge on any atom is -0.456 e. The van der Waals surface area contributed by atoms with E-state index in [0.29, 0.717) is 0 Å². The molecule has 0 saturated heterocycles. The van der Waals surface area contributed by atoms with E-state index in [4.69, 9.17) is 9.47 Å². The second-order valence-electron chi connectivity index (χ2n) is 15.6. The number of hydrogen-bond donors (Lipinski definition) is 0. The van der Waals surface area contributed by atoms with E-state index >= 15 is 0 Å². The summed E-state index contributed by atoms with van der Waals surface area (Å²) in [5, 5.41) is 0. The molecule has 0 aliphatic heterocycles. The van der Waals surface area contributed by atoms with E-state index in [1.807, 2.05) is 0 Å². The number of carbonyl (C=O) groups is 4. The van der Waals surface area contributed by atoms with Crippen LogP contribution in [0.4, 0.5) is 65.9 Å². The van der Waals surface area contributed by atoms with Crippen LogP contribution >= 0.6 is 0 Å². The quantitative estimate of drug-likeness (QED) is 0.136. The van der Waals surface area contributed by atoms with Gasteiger partial charge in [0, 0.05) is 18.3 Å². The predicted molar refractivity (Wildman–Crippen MR) is 154 cm³/mol. The lowest BCUT2D eigenvalue weighted by Gasteiger charge is -2.64. The average molecular weight is 847 g/mol. The Morgan fingerprint density at radius 2 is 1.07 bits per heavy atom. The lowest BCUT2D eigenvalue weighted by atomic mass is 9.43. The highest BCUT2D eigenvalue weighted by Gasteiger charge is 2.69. The van der Waals surface area contributed by atoms with Crippen molar-refractivity contribution in [3.05, 3.63) is 0 Å². The van der Waals surface area contributed by atoms with Crippen LogP contribution in [0.15, 0.2) is 0 Å². The fraction of sp³-hybridized carbons (Fsp3) is 0.879. The molecule has 11 atom stereocenters. The summed E-state index contributed by atoms with van der Waals surface area (Å²) in [7, 11) is 0. The first-order chi connectivity index (χ1) is 25.2. The van der Waals surface area contributed by atoms with Gasteiger partial charge >= 0.3 is 54.8 Å². The van der Waals surface area contributed by atoms with Crippen LogP contribution < -0.4 is 0 Å². The first-order valence-electron chi connectivity index (χ1n) is 17.4. The minimum atomic E-state index is -5.97. The van der Waals surface area contributed by atoms with Gasteiger partial charge < -0.3 is 18.9 Å². The maximum Gasteiger partial charge on any atom is 0.490 e. The van der Waals surface area contributed by atoms with E-state index in [0.717, 1.165) is 0 Å². The Bertz CT molecular complexity index is 1470. The van der Waals surface area contributed by atoms with Crippen LogP contribution in [0, 0.1) is 46.3 Å². The zero-order valence-electron chi connectivity index (χ0n) is 29.6. The Hall–Kier alpha value is -3.17. The Kier molecular flexibility index (Phi) is 12.4. The normalized spacial score (nSPS) is 34.4. The van der Waals surface area contributed by atoms with Crippen molar-refractivity contribution in [3.8, 4) is 0 Å². The Morgan fingerprint density at radius 3 is 1.57 bits per heavy atom. The Labute approximate surface area is 308 Å². The molecule has 0 N–H and O–H groups in total. The maximum absolute atomic E-state index is 13.7. The summed E-state index contributed by atoms with van der Waals surface area (Å²) in [6.45, 7) is 4.65. The second kappa shape index (κ2) is 15.2. The highest BCUT2D eigenvalue weighted by Crippen LogP contribution is 2.69. The second-order valence-corrected chi connectivity index (χ2v) is 15.6. The van der Waals surface area contributed by atoms with Crippen LogP contribution in [-0.2, 0) is 38.1 Å². The molecule has 4 saturated carbocycles. The summed E-state index contributed by atoms with van der Waals surface area (Å²) in [4.78, 5) is 48.6. The lowest BCUT2D eigenvalue weighted by Crippen LogP contribution is -2.66. The molecule has 0 spiro atoms. The summed E-state index contributed by atoms with van der Waals surface area (Å²) in [5.41, 5.74) is -2.33. The van der Waals surface area contributed by atoms with Gasteiger partial charge in [-0.25, -0.2) is 14.4 Å². The number of fused-ring (bicyclic) bond motifs is 5. The molecule has 0 unspecified atom stereocenters. The average Bonchev–Trinajstić information content (AvgIpc) is 3.39. The van der Waals surface area contributed by atoms with E-state index in [2.05, 4.69) is 9.47 Å². The molecule has 56 heavy (non-hydrogen) atoms. The molecule has 4 rings (SSSR count). The Balaban J connectivity index is 1.70.